The minimum Gasteiger partial charge on any atom is -0.486 e. The second kappa shape index (κ2) is 7.37. The van der Waals surface area contributed by atoms with E-state index in [4.69, 9.17) is 9.72 Å². The summed E-state index contributed by atoms with van der Waals surface area (Å²) in [4.78, 5) is 7.11. The highest BCUT2D eigenvalue weighted by Gasteiger charge is 2.23. The second-order valence-corrected chi connectivity index (χ2v) is 8.44. The Kier molecular flexibility index (Phi) is 4.36. The molecule has 0 radical (unpaired) electrons. The molecule has 2 aliphatic rings. The summed E-state index contributed by atoms with van der Waals surface area (Å²) in [6.07, 6.45) is 8.17. The van der Waals surface area contributed by atoms with Crippen LogP contribution in [0.1, 0.15) is 32.1 Å². The number of aromatic nitrogens is 5. The molecule has 1 fully saturated rings. The molecule has 1 N–H and O–H groups in total. The van der Waals surface area contributed by atoms with E-state index in [1.165, 1.54) is 32.1 Å². The predicted octanol–water partition coefficient (Wildman–Crippen LogP) is 3.91. The van der Waals surface area contributed by atoms with Crippen molar-refractivity contribution in [1.29, 1.82) is 0 Å². The van der Waals surface area contributed by atoms with Gasteiger partial charge in [0.15, 0.2) is 5.75 Å². The molecule has 6 rings (SSSR count). The smallest absolute Gasteiger partial charge is 0.222 e. The lowest BCUT2D eigenvalue weighted by Gasteiger charge is -2.26. The number of hydrogen-bond acceptors (Lipinski definition) is 7. The Morgan fingerprint density at radius 3 is 2.87 bits per heavy atom. The summed E-state index contributed by atoms with van der Waals surface area (Å²) in [5.74, 6) is 1.34. The lowest BCUT2D eigenvalue weighted by Crippen LogP contribution is -2.29. The largest absolute Gasteiger partial charge is 0.486 e. The van der Waals surface area contributed by atoms with Gasteiger partial charge in [0.1, 0.15) is 18.0 Å². The van der Waals surface area contributed by atoms with Crippen LogP contribution in [-0.4, -0.2) is 51.0 Å². The maximum absolute atomic E-state index is 5.89. The molecule has 0 unspecified atom stereocenters. The van der Waals surface area contributed by atoms with Gasteiger partial charge in [-0.15, -0.1) is 10.2 Å². The Balaban J connectivity index is 1.43. The summed E-state index contributed by atoms with van der Waals surface area (Å²) in [6, 6.07) is 10.9. The van der Waals surface area contributed by atoms with Gasteiger partial charge >= 0.3 is 0 Å². The molecule has 0 atom stereocenters. The molecule has 8 nitrogen and oxygen atoms in total. The number of hydrogen-bond donors (Lipinski definition) is 1. The number of fused-ring (bicyclic) bond motifs is 4. The van der Waals surface area contributed by atoms with Crippen LogP contribution in [0.4, 0.5) is 11.4 Å². The van der Waals surface area contributed by atoms with Gasteiger partial charge in [0, 0.05) is 18.5 Å². The number of benzene rings is 1. The van der Waals surface area contributed by atoms with Crippen LogP contribution in [0.3, 0.4) is 0 Å². The quantitative estimate of drug-likeness (QED) is 0.543. The van der Waals surface area contributed by atoms with Gasteiger partial charge in [0.25, 0.3) is 0 Å². The topological polar surface area (TPSA) is 80.5 Å². The molecule has 0 amide bonds. The number of nitrogens with one attached hydrogen (secondary N) is 1. The van der Waals surface area contributed by atoms with Crippen LogP contribution in [-0.2, 0) is 0 Å². The van der Waals surface area contributed by atoms with Crippen molar-refractivity contribution < 1.29 is 4.74 Å². The molecule has 31 heavy (non-hydrogen) atoms. The lowest BCUT2D eigenvalue weighted by molar-refractivity contribution is 0.312. The zero-order valence-corrected chi connectivity index (χ0v) is 17.6. The number of nitrogens with zero attached hydrogens (tertiary/aromatic N) is 6. The van der Waals surface area contributed by atoms with E-state index >= 15 is 0 Å². The van der Waals surface area contributed by atoms with E-state index in [0.29, 0.717) is 24.1 Å². The van der Waals surface area contributed by atoms with Crippen molar-refractivity contribution in [2.75, 3.05) is 30.4 Å². The first-order chi connectivity index (χ1) is 15.3. The fourth-order valence-electron chi connectivity index (χ4n) is 4.65. The van der Waals surface area contributed by atoms with Crippen molar-refractivity contribution in [1.82, 2.24) is 24.8 Å². The molecule has 1 aliphatic heterocycles. The van der Waals surface area contributed by atoms with E-state index < -0.39 is 0 Å². The third kappa shape index (κ3) is 3.13. The van der Waals surface area contributed by atoms with Crippen molar-refractivity contribution in [2.45, 2.75) is 38.1 Å². The van der Waals surface area contributed by atoms with E-state index in [1.807, 2.05) is 19.3 Å². The zero-order valence-electron chi connectivity index (χ0n) is 17.6. The van der Waals surface area contributed by atoms with Gasteiger partial charge < -0.3 is 15.0 Å². The molecule has 0 saturated heterocycles. The van der Waals surface area contributed by atoms with Crippen LogP contribution in [0.15, 0.2) is 36.5 Å². The maximum Gasteiger partial charge on any atom is 0.222 e. The highest BCUT2D eigenvalue weighted by molar-refractivity contribution is 5.92. The highest BCUT2D eigenvalue weighted by Crippen LogP contribution is 2.34. The zero-order chi connectivity index (χ0) is 20.8. The Bertz CT molecular complexity index is 1260. The standard InChI is InChI=1S/C23H25N7O/c1-29-12-13-31-21-19(29)14-24-30-22(27-28-23(21)30)18-11-10-15-6-5-9-17(20(15)26-18)25-16-7-3-2-4-8-16/h5-6,9-11,14,16,25H,2-4,7-8,12-13H2,1H3. The molecule has 1 aromatic carbocycles. The SMILES string of the molecule is CN1CCOc2c1cnn1c(-c3ccc4cccc(NC5CCCCC5)c4n3)nnc21. The van der Waals surface area contributed by atoms with Crippen LogP contribution >= 0.6 is 0 Å². The van der Waals surface area contributed by atoms with Crippen LogP contribution in [0.2, 0.25) is 0 Å². The Hall–Kier alpha value is -3.42. The van der Waals surface area contributed by atoms with Crippen molar-refractivity contribution in [3.05, 3.63) is 36.5 Å². The van der Waals surface area contributed by atoms with Crippen molar-refractivity contribution in [3.63, 3.8) is 0 Å². The number of anilines is 2. The van der Waals surface area contributed by atoms with E-state index in [1.54, 1.807) is 4.52 Å². The van der Waals surface area contributed by atoms with E-state index in [9.17, 15) is 0 Å². The van der Waals surface area contributed by atoms with Gasteiger partial charge in [0.2, 0.25) is 11.5 Å². The molecule has 0 spiro atoms. The summed E-state index contributed by atoms with van der Waals surface area (Å²) in [7, 11) is 2.03. The normalized spacial score (nSPS) is 17.0. The van der Waals surface area contributed by atoms with E-state index in [-0.39, 0.29) is 0 Å². The van der Waals surface area contributed by atoms with E-state index in [2.05, 4.69) is 49.8 Å². The molecule has 158 valence electrons. The first-order valence-corrected chi connectivity index (χ1v) is 11.0. The number of ether oxygens (including phenoxy) is 1. The first-order valence-electron chi connectivity index (χ1n) is 11.0. The van der Waals surface area contributed by atoms with Gasteiger partial charge in [-0.2, -0.15) is 9.61 Å². The summed E-state index contributed by atoms with van der Waals surface area (Å²) in [6.45, 7) is 1.45. The van der Waals surface area contributed by atoms with Crippen molar-refractivity contribution in [3.8, 4) is 17.3 Å². The molecule has 4 heterocycles. The molecule has 0 bridgehead atoms. The number of para-hydroxylation sites is 1. The average Bonchev–Trinajstić information content (AvgIpc) is 3.25. The summed E-state index contributed by atoms with van der Waals surface area (Å²) in [5, 5.41) is 18.2. The van der Waals surface area contributed by atoms with Crippen LogP contribution in [0.5, 0.6) is 5.75 Å². The third-order valence-corrected chi connectivity index (χ3v) is 6.37. The van der Waals surface area contributed by atoms with Gasteiger partial charge in [-0.05, 0) is 25.0 Å². The molecule has 1 aliphatic carbocycles. The monoisotopic (exact) mass is 415 g/mol. The molecule has 4 aromatic rings. The number of rotatable bonds is 3. The van der Waals surface area contributed by atoms with Crippen molar-refractivity contribution >= 4 is 27.9 Å². The summed E-state index contributed by atoms with van der Waals surface area (Å²) >= 11 is 0. The number of likely N-dealkylation sites (N-methyl/N-ethyl adjacent to an activating group) is 1. The minimum atomic E-state index is 0.515. The average molecular weight is 416 g/mol. The van der Waals surface area contributed by atoms with Gasteiger partial charge in [0.05, 0.1) is 23.9 Å². The lowest BCUT2D eigenvalue weighted by atomic mass is 9.95. The summed E-state index contributed by atoms with van der Waals surface area (Å²) in [5.41, 5.74) is 4.33. The van der Waals surface area contributed by atoms with E-state index in [0.717, 1.165) is 40.3 Å². The molecule has 1 saturated carbocycles. The Morgan fingerprint density at radius 2 is 1.97 bits per heavy atom. The van der Waals surface area contributed by atoms with Crippen LogP contribution in [0, 0.1) is 0 Å². The minimum absolute atomic E-state index is 0.515. The molecule has 8 heteroatoms. The predicted molar refractivity (Wildman–Crippen MR) is 121 cm³/mol. The fraction of sp³-hybridized carbons (Fsp3) is 0.391. The van der Waals surface area contributed by atoms with Gasteiger partial charge in [-0.1, -0.05) is 37.5 Å². The Morgan fingerprint density at radius 1 is 1.06 bits per heavy atom. The molecular formula is C23H25N7O. The van der Waals surface area contributed by atoms with Gasteiger partial charge in [-0.3, -0.25) is 0 Å². The summed E-state index contributed by atoms with van der Waals surface area (Å²) < 4.78 is 7.62. The fourth-order valence-corrected chi connectivity index (χ4v) is 4.65. The molecule has 3 aromatic heterocycles. The third-order valence-electron chi connectivity index (χ3n) is 6.37. The highest BCUT2D eigenvalue weighted by atomic mass is 16.5. The first kappa shape index (κ1) is 18.4. The second-order valence-electron chi connectivity index (χ2n) is 8.44. The van der Waals surface area contributed by atoms with Crippen LogP contribution < -0.4 is 15.0 Å². The maximum atomic E-state index is 5.89. The number of pyridine rings is 1. The molecular weight excluding hydrogens is 390 g/mol. The Labute approximate surface area is 180 Å². The van der Waals surface area contributed by atoms with Crippen LogP contribution in [0.25, 0.3) is 28.1 Å². The van der Waals surface area contributed by atoms with Gasteiger partial charge in [-0.25, -0.2) is 4.98 Å². The van der Waals surface area contributed by atoms with Crippen molar-refractivity contribution in [2.24, 2.45) is 0 Å².